The third-order valence-electron chi connectivity index (χ3n) is 3.06. The second-order valence-electron chi connectivity index (χ2n) is 4.31. The number of nitrogens with zero attached hydrogens (tertiary/aromatic N) is 1. The summed E-state index contributed by atoms with van der Waals surface area (Å²) < 4.78 is 34.1. The molecule has 1 heterocycles. The van der Waals surface area contributed by atoms with Crippen LogP contribution in [0.25, 0.3) is 0 Å². The Hall–Kier alpha value is 0.380. The molecule has 2 rings (SSSR count). The van der Waals surface area contributed by atoms with Crippen LogP contribution >= 0.6 is 11.6 Å². The summed E-state index contributed by atoms with van der Waals surface area (Å²) in [6, 6.07) is 5.53. The molecule has 7 heteroatoms. The van der Waals surface area contributed by atoms with Crippen molar-refractivity contribution >= 4 is 21.9 Å². The topological polar surface area (TPSA) is 60.4 Å². The molecule has 1 aromatic rings. The van der Waals surface area contributed by atoms with Gasteiger partial charge in [0.15, 0.2) is 10.3 Å². The molecule has 0 aromatic heterocycles. The Labute approximate surface area is 134 Å². The first-order valence-electron chi connectivity index (χ1n) is 5.37. The van der Waals surface area contributed by atoms with Gasteiger partial charge >= 0.3 is 29.6 Å². The first kappa shape index (κ1) is 16.4. The van der Waals surface area contributed by atoms with E-state index in [1.807, 2.05) is 19.1 Å². The van der Waals surface area contributed by atoms with E-state index >= 15 is 0 Å². The second-order valence-corrected chi connectivity index (χ2v) is 6.12. The van der Waals surface area contributed by atoms with Crippen molar-refractivity contribution in [2.75, 3.05) is 13.1 Å². The second kappa shape index (κ2) is 6.22. The Morgan fingerprint density at radius 2 is 2.11 bits per heavy atom. The van der Waals surface area contributed by atoms with Crippen LogP contribution in [-0.2, 0) is 16.7 Å². The van der Waals surface area contributed by atoms with Gasteiger partial charge in [0.05, 0.1) is 0 Å². The van der Waals surface area contributed by atoms with Crippen LogP contribution in [0.3, 0.4) is 0 Å². The molecule has 0 amide bonds. The van der Waals surface area contributed by atoms with Crippen LogP contribution in [0.2, 0.25) is 5.02 Å². The Bertz CT molecular complexity index is 535. The fourth-order valence-corrected chi connectivity index (χ4v) is 3.10. The minimum absolute atomic E-state index is 0. The van der Waals surface area contributed by atoms with Crippen LogP contribution in [-0.4, -0.2) is 30.4 Å². The molecule has 0 radical (unpaired) electrons. The molecule has 0 fully saturated rings. The maximum atomic E-state index is 11.0. The molecule has 94 valence electrons. The maximum Gasteiger partial charge on any atom is 1.00 e. The molecule has 0 saturated heterocycles. The fourth-order valence-electron chi connectivity index (χ4n) is 2.20. The predicted octanol–water partition coefficient (Wildman–Crippen LogP) is -1.23. The van der Waals surface area contributed by atoms with Gasteiger partial charge in [-0.1, -0.05) is 24.6 Å². The molecular weight excluding hydrogens is 285 g/mol. The molecular formula is C11H13ClNNaO3S. The van der Waals surface area contributed by atoms with E-state index in [9.17, 15) is 13.0 Å². The number of benzene rings is 1. The van der Waals surface area contributed by atoms with E-state index in [-0.39, 0.29) is 48.6 Å². The zero-order chi connectivity index (χ0) is 12.6. The van der Waals surface area contributed by atoms with Gasteiger partial charge in [-0.15, -0.1) is 0 Å². The Balaban J connectivity index is 0.00000162. The normalized spacial score (nSPS) is 20.7. The van der Waals surface area contributed by atoms with Gasteiger partial charge in [0.2, 0.25) is 0 Å². The molecule has 1 atom stereocenters. The van der Waals surface area contributed by atoms with Crippen LogP contribution in [0.15, 0.2) is 18.2 Å². The minimum atomic E-state index is -4.36. The molecule has 4 nitrogen and oxygen atoms in total. The summed E-state index contributed by atoms with van der Waals surface area (Å²) in [5.74, 6) is -0.0186. The number of rotatable bonds is 1. The Morgan fingerprint density at radius 1 is 1.44 bits per heavy atom. The van der Waals surface area contributed by atoms with Crippen LogP contribution in [0.5, 0.6) is 0 Å². The van der Waals surface area contributed by atoms with Crippen molar-refractivity contribution < 1.29 is 42.5 Å². The standard InChI is InChI=1S/C11H14ClNO3S.Na/c1-8-7-13(17(14,15)16)5-4-9-2-3-10(12)6-11(8)9;/h2-3,6,8H,4-5,7H2,1H3,(H,14,15,16);/q;+1/p-1/t8-;/m0./s1. The van der Waals surface area contributed by atoms with Gasteiger partial charge in [0.1, 0.15) is 0 Å². The summed E-state index contributed by atoms with van der Waals surface area (Å²) in [6.45, 7) is 2.36. The molecule has 1 aliphatic rings. The van der Waals surface area contributed by atoms with Crippen molar-refractivity contribution in [1.29, 1.82) is 0 Å². The van der Waals surface area contributed by atoms with Crippen LogP contribution in [0, 0.1) is 0 Å². The van der Waals surface area contributed by atoms with Crippen molar-refractivity contribution in [3.05, 3.63) is 34.3 Å². The van der Waals surface area contributed by atoms with Gasteiger partial charge in [0.25, 0.3) is 0 Å². The average molecular weight is 298 g/mol. The summed E-state index contributed by atoms with van der Waals surface area (Å²) >= 11 is 5.93. The molecule has 18 heavy (non-hydrogen) atoms. The summed E-state index contributed by atoms with van der Waals surface area (Å²) in [5.41, 5.74) is 2.09. The van der Waals surface area contributed by atoms with Gasteiger partial charge in [0, 0.05) is 18.1 Å². The first-order chi connectivity index (χ1) is 7.88. The summed E-state index contributed by atoms with van der Waals surface area (Å²) in [5, 5.41) is 0.633. The van der Waals surface area contributed by atoms with E-state index in [1.165, 1.54) is 0 Å². The SMILES string of the molecule is C[C@H]1CN(S(=O)(=O)[O-])CCc2ccc(Cl)cc21.[Na+]. The van der Waals surface area contributed by atoms with Crippen LogP contribution in [0.4, 0.5) is 0 Å². The molecule has 0 bridgehead atoms. The van der Waals surface area contributed by atoms with Crippen molar-refractivity contribution in [3.8, 4) is 0 Å². The average Bonchev–Trinajstić information content (AvgIpc) is 2.38. The third kappa shape index (κ3) is 3.70. The van der Waals surface area contributed by atoms with E-state index in [2.05, 4.69) is 0 Å². The van der Waals surface area contributed by atoms with Gasteiger partial charge in [-0.3, -0.25) is 0 Å². The molecule has 1 aromatic carbocycles. The van der Waals surface area contributed by atoms with Gasteiger partial charge in [-0.05, 0) is 35.6 Å². The molecule has 1 aliphatic heterocycles. The van der Waals surface area contributed by atoms with E-state index in [4.69, 9.17) is 11.6 Å². The van der Waals surface area contributed by atoms with Gasteiger partial charge < -0.3 is 4.55 Å². The van der Waals surface area contributed by atoms with Crippen molar-refractivity contribution in [3.63, 3.8) is 0 Å². The first-order valence-corrected chi connectivity index (χ1v) is 7.11. The number of fused-ring (bicyclic) bond motifs is 1. The monoisotopic (exact) mass is 297 g/mol. The van der Waals surface area contributed by atoms with E-state index in [0.29, 0.717) is 11.4 Å². The Kier molecular flexibility index (Phi) is 5.68. The molecule has 0 unspecified atom stereocenters. The van der Waals surface area contributed by atoms with E-state index in [1.54, 1.807) is 6.07 Å². The zero-order valence-corrected chi connectivity index (χ0v) is 14.0. The quantitative estimate of drug-likeness (QED) is 0.481. The maximum absolute atomic E-state index is 11.0. The van der Waals surface area contributed by atoms with Gasteiger partial charge in [-0.25, -0.2) is 12.7 Å². The third-order valence-corrected chi connectivity index (χ3v) is 4.26. The summed E-state index contributed by atoms with van der Waals surface area (Å²) in [6.07, 6.45) is 0.554. The zero-order valence-electron chi connectivity index (χ0n) is 10.4. The molecule has 0 N–H and O–H groups in total. The molecule has 0 aliphatic carbocycles. The number of halogens is 1. The summed E-state index contributed by atoms with van der Waals surface area (Å²) in [4.78, 5) is 0. The number of hydrogen-bond donors (Lipinski definition) is 0. The molecule has 0 spiro atoms. The van der Waals surface area contributed by atoms with Crippen molar-refractivity contribution in [1.82, 2.24) is 4.31 Å². The van der Waals surface area contributed by atoms with E-state index in [0.717, 1.165) is 15.4 Å². The van der Waals surface area contributed by atoms with E-state index < -0.39 is 10.3 Å². The fraction of sp³-hybridized carbons (Fsp3) is 0.455. The Morgan fingerprint density at radius 3 is 2.72 bits per heavy atom. The van der Waals surface area contributed by atoms with Gasteiger partial charge in [-0.2, -0.15) is 0 Å². The predicted molar refractivity (Wildman–Crippen MR) is 64.8 cm³/mol. The summed E-state index contributed by atoms with van der Waals surface area (Å²) in [7, 11) is -4.36. The van der Waals surface area contributed by atoms with Crippen molar-refractivity contribution in [2.45, 2.75) is 19.3 Å². The minimum Gasteiger partial charge on any atom is -0.735 e. The van der Waals surface area contributed by atoms with Crippen LogP contribution < -0.4 is 29.6 Å². The van der Waals surface area contributed by atoms with Crippen molar-refractivity contribution in [2.24, 2.45) is 0 Å². The van der Waals surface area contributed by atoms with Crippen LogP contribution in [0.1, 0.15) is 24.0 Å². The number of hydrogen-bond acceptors (Lipinski definition) is 3. The molecule has 0 saturated carbocycles. The smallest absolute Gasteiger partial charge is 0.735 e. The largest absolute Gasteiger partial charge is 1.00 e.